The topological polar surface area (TPSA) is 119 Å². The Labute approximate surface area is 210 Å². The van der Waals surface area contributed by atoms with E-state index in [0.717, 1.165) is 11.1 Å². The number of nitrogens with zero attached hydrogens (tertiary/aromatic N) is 1. The lowest BCUT2D eigenvalue weighted by atomic mass is 9.96. The zero-order valence-electron chi connectivity index (χ0n) is 20.3. The van der Waals surface area contributed by atoms with Crippen molar-refractivity contribution in [2.75, 3.05) is 7.05 Å². The summed E-state index contributed by atoms with van der Waals surface area (Å²) >= 11 is 1.42. The van der Waals surface area contributed by atoms with Crippen LogP contribution in [0.2, 0.25) is 0 Å². The van der Waals surface area contributed by atoms with Gasteiger partial charge < -0.3 is 25.7 Å². The van der Waals surface area contributed by atoms with E-state index in [1.807, 2.05) is 88.5 Å². The number of amides is 2. The number of β-lactam (4-membered cyclic amide) rings is 1. The Morgan fingerprint density at radius 3 is 2.20 bits per heavy atom. The fraction of sp³-hybridized carbons (Fsp3) is 0.423. The van der Waals surface area contributed by atoms with Crippen molar-refractivity contribution in [1.82, 2.24) is 15.5 Å². The van der Waals surface area contributed by atoms with Gasteiger partial charge in [-0.3, -0.25) is 9.59 Å². The van der Waals surface area contributed by atoms with Gasteiger partial charge in [-0.05, 0) is 38.9 Å². The molecule has 2 aromatic carbocycles. The molecule has 4 N–H and O–H groups in total. The summed E-state index contributed by atoms with van der Waals surface area (Å²) in [6.45, 7) is 5.58. The molecule has 2 saturated heterocycles. The van der Waals surface area contributed by atoms with Crippen LogP contribution in [-0.2, 0) is 20.8 Å². The Bertz CT molecular complexity index is 1030. The summed E-state index contributed by atoms with van der Waals surface area (Å²) < 4.78 is -0.578. The molecule has 2 heterocycles. The molecule has 0 bridgehead atoms. The van der Waals surface area contributed by atoms with Crippen molar-refractivity contribution >= 4 is 29.5 Å². The fourth-order valence-electron chi connectivity index (χ4n) is 4.25. The maximum Gasteiger partial charge on any atom is 0.327 e. The van der Waals surface area contributed by atoms with Crippen LogP contribution in [0, 0.1) is 0 Å². The molecule has 188 valence electrons. The molecule has 9 heteroatoms. The van der Waals surface area contributed by atoms with Crippen LogP contribution in [0.15, 0.2) is 60.7 Å². The fourth-order valence-corrected chi connectivity index (χ4v) is 5.87. The summed E-state index contributed by atoms with van der Waals surface area (Å²) in [5.74, 6) is -1.55. The number of hydrogen-bond acceptors (Lipinski definition) is 6. The number of rotatable bonds is 7. The molecular weight excluding hydrogens is 466 g/mol. The number of aliphatic hydroxyl groups excluding tert-OH is 1. The minimum Gasteiger partial charge on any atom is -0.480 e. The highest BCUT2D eigenvalue weighted by Gasteiger charge is 2.64. The van der Waals surface area contributed by atoms with Crippen molar-refractivity contribution in [3.05, 3.63) is 71.8 Å². The number of thioether (sulfide) groups is 1. The van der Waals surface area contributed by atoms with Crippen LogP contribution in [0.25, 0.3) is 0 Å². The number of carbonyl (C=O) groups is 3. The number of carboxylic acids is 1. The molecule has 5 atom stereocenters. The molecule has 2 amide bonds. The molecule has 35 heavy (non-hydrogen) atoms. The molecule has 0 spiro atoms. The summed E-state index contributed by atoms with van der Waals surface area (Å²) in [4.78, 5) is 37.2. The molecule has 4 rings (SSSR count). The summed E-state index contributed by atoms with van der Waals surface area (Å²) in [5.41, 5.74) is 1.83. The first-order chi connectivity index (χ1) is 16.6. The minimum atomic E-state index is -1.01. The van der Waals surface area contributed by atoms with Crippen molar-refractivity contribution < 1.29 is 24.6 Å². The second kappa shape index (κ2) is 11.2. The monoisotopic (exact) mass is 499 g/mol. The largest absolute Gasteiger partial charge is 0.480 e. The summed E-state index contributed by atoms with van der Waals surface area (Å²) in [6, 6.07) is 17.5. The zero-order valence-corrected chi connectivity index (χ0v) is 21.2. The third-order valence-corrected chi connectivity index (χ3v) is 7.84. The molecule has 2 aliphatic rings. The number of benzene rings is 2. The van der Waals surface area contributed by atoms with E-state index in [2.05, 4.69) is 10.6 Å². The van der Waals surface area contributed by atoms with Crippen LogP contribution in [0.3, 0.4) is 0 Å². The van der Waals surface area contributed by atoms with E-state index in [1.54, 1.807) is 0 Å². The first-order valence-electron chi connectivity index (χ1n) is 11.5. The van der Waals surface area contributed by atoms with E-state index in [-0.39, 0.29) is 29.7 Å². The van der Waals surface area contributed by atoms with Gasteiger partial charge in [0.25, 0.3) is 0 Å². The number of likely N-dealkylation sites (N-methyl/N-ethyl adjacent to an activating group) is 1. The van der Waals surface area contributed by atoms with Crippen LogP contribution < -0.4 is 10.6 Å². The van der Waals surface area contributed by atoms with Gasteiger partial charge in [0.05, 0.1) is 12.5 Å². The van der Waals surface area contributed by atoms with Gasteiger partial charge in [0.15, 0.2) is 0 Å². The lowest BCUT2D eigenvalue weighted by Gasteiger charge is -2.43. The number of aliphatic hydroxyl groups is 1. The summed E-state index contributed by atoms with van der Waals surface area (Å²) in [6.07, 6.45) is -0.218. The van der Waals surface area contributed by atoms with E-state index >= 15 is 0 Å². The zero-order chi connectivity index (χ0) is 25.8. The van der Waals surface area contributed by atoms with Gasteiger partial charge in [0.1, 0.15) is 17.5 Å². The van der Waals surface area contributed by atoms with Gasteiger partial charge in [-0.25, -0.2) is 4.79 Å². The maximum atomic E-state index is 12.3. The van der Waals surface area contributed by atoms with Gasteiger partial charge in [0, 0.05) is 10.8 Å². The molecule has 0 aliphatic carbocycles. The smallest absolute Gasteiger partial charge is 0.327 e. The molecule has 0 aromatic heterocycles. The molecular formula is C26H33N3O5S. The average molecular weight is 500 g/mol. The second-order valence-corrected chi connectivity index (χ2v) is 11.0. The predicted molar refractivity (Wildman–Crippen MR) is 136 cm³/mol. The van der Waals surface area contributed by atoms with Crippen LogP contribution in [0.4, 0.5) is 0 Å². The van der Waals surface area contributed by atoms with Crippen molar-refractivity contribution in [3.63, 3.8) is 0 Å². The third kappa shape index (κ3) is 6.04. The Morgan fingerprint density at radius 1 is 1.09 bits per heavy atom. The van der Waals surface area contributed by atoms with Crippen molar-refractivity contribution in [2.24, 2.45) is 0 Å². The second-order valence-electron chi connectivity index (χ2n) is 9.24. The standard InChI is InChI=1S/C16H18N2O4S.C10H15NO/c1-16(2)12(15(21)22)18-13(20)11(14(18)23-16)17-10(19)8-9-6-4-3-5-7-9;1-8(11-2)10(12)9-6-4-3-5-7-9/h3-7,11-12,14H,8H2,1-2H3,(H,17,19)(H,21,22);3-8,10-12H,1-2H3/t11-,12+,14-;/m1./s1. The van der Waals surface area contributed by atoms with Crippen molar-refractivity contribution in [2.45, 2.75) is 61.5 Å². The number of nitrogens with one attached hydrogen (secondary N) is 2. The van der Waals surface area contributed by atoms with E-state index in [1.165, 1.54) is 16.7 Å². The normalized spacial score (nSPS) is 23.7. The van der Waals surface area contributed by atoms with Crippen molar-refractivity contribution in [3.8, 4) is 0 Å². The Balaban J connectivity index is 0.000000241. The molecule has 0 radical (unpaired) electrons. The van der Waals surface area contributed by atoms with Gasteiger partial charge in [-0.2, -0.15) is 0 Å². The van der Waals surface area contributed by atoms with Crippen molar-refractivity contribution in [1.29, 1.82) is 0 Å². The van der Waals surface area contributed by atoms with Crippen LogP contribution in [0.5, 0.6) is 0 Å². The predicted octanol–water partition coefficient (Wildman–Crippen LogP) is 2.19. The molecule has 2 aliphatic heterocycles. The Hall–Kier alpha value is -2.88. The van der Waals surface area contributed by atoms with Gasteiger partial charge in [-0.1, -0.05) is 60.7 Å². The number of hydrogen-bond donors (Lipinski definition) is 4. The van der Waals surface area contributed by atoms with Crippen LogP contribution in [-0.4, -0.2) is 68.2 Å². The van der Waals surface area contributed by atoms with Gasteiger partial charge >= 0.3 is 5.97 Å². The number of carboxylic acid groups (broad SMARTS) is 1. The van der Waals surface area contributed by atoms with Crippen LogP contribution in [0.1, 0.15) is 38.0 Å². The third-order valence-electron chi connectivity index (χ3n) is 6.27. The minimum absolute atomic E-state index is 0.0902. The highest BCUT2D eigenvalue weighted by Crippen LogP contribution is 2.50. The van der Waals surface area contributed by atoms with E-state index < -0.39 is 28.9 Å². The molecule has 0 saturated carbocycles. The highest BCUT2D eigenvalue weighted by atomic mass is 32.2. The molecule has 8 nitrogen and oxygen atoms in total. The molecule has 2 fully saturated rings. The lowest BCUT2D eigenvalue weighted by molar-refractivity contribution is -0.161. The Kier molecular flexibility index (Phi) is 8.58. The Morgan fingerprint density at radius 2 is 1.66 bits per heavy atom. The van der Waals surface area contributed by atoms with Crippen LogP contribution >= 0.6 is 11.8 Å². The summed E-state index contributed by atoms with van der Waals surface area (Å²) in [7, 11) is 1.84. The van der Waals surface area contributed by atoms with Gasteiger partial charge in [-0.15, -0.1) is 11.8 Å². The SMILES string of the molecule is CC1(C)S[C@@H]2[C@H](NC(=O)Cc3ccccc3)C(=O)N2[C@H]1C(=O)O.CNC(C)C(O)c1ccccc1. The molecule has 2 unspecified atom stereocenters. The first kappa shape index (κ1) is 26.7. The van der Waals surface area contributed by atoms with Gasteiger partial charge in [0.2, 0.25) is 11.8 Å². The maximum absolute atomic E-state index is 12.3. The van der Waals surface area contributed by atoms with E-state index in [0.29, 0.717) is 0 Å². The highest BCUT2D eigenvalue weighted by molar-refractivity contribution is 8.01. The first-order valence-corrected chi connectivity index (χ1v) is 12.4. The quantitative estimate of drug-likeness (QED) is 0.431. The average Bonchev–Trinajstić information content (AvgIpc) is 3.11. The molecule has 2 aromatic rings. The number of fused-ring (bicyclic) bond motifs is 1. The summed E-state index contributed by atoms with van der Waals surface area (Å²) in [5, 5.41) is 24.5. The number of aliphatic carboxylic acids is 1. The number of carbonyl (C=O) groups excluding carboxylic acids is 2. The van der Waals surface area contributed by atoms with E-state index in [9.17, 15) is 24.6 Å². The lowest BCUT2D eigenvalue weighted by Crippen LogP contribution is -2.70. The van der Waals surface area contributed by atoms with E-state index in [4.69, 9.17) is 0 Å².